The fourth-order valence-electron chi connectivity index (χ4n) is 4.49. The van der Waals surface area contributed by atoms with E-state index < -0.39 is 0 Å². The van der Waals surface area contributed by atoms with Gasteiger partial charge >= 0.3 is 6.03 Å². The highest BCUT2D eigenvalue weighted by Crippen LogP contribution is 2.37. The summed E-state index contributed by atoms with van der Waals surface area (Å²) in [5, 5.41) is 3.21. The van der Waals surface area contributed by atoms with E-state index in [1.807, 2.05) is 0 Å². The molecule has 1 aliphatic carbocycles. The predicted octanol–water partition coefficient (Wildman–Crippen LogP) is 3.54. The Labute approximate surface area is 138 Å². The molecule has 1 aromatic carbocycles. The molecule has 3 atom stereocenters. The lowest BCUT2D eigenvalue weighted by Gasteiger charge is -2.29. The van der Waals surface area contributed by atoms with Crippen molar-refractivity contribution in [2.45, 2.75) is 51.1 Å². The van der Waals surface area contributed by atoms with E-state index in [4.69, 9.17) is 0 Å². The van der Waals surface area contributed by atoms with Gasteiger partial charge in [0.15, 0.2) is 0 Å². The molecule has 0 spiro atoms. The van der Waals surface area contributed by atoms with Gasteiger partial charge in [0, 0.05) is 31.4 Å². The third kappa shape index (κ3) is 2.91. The number of fused-ring (bicyclic) bond motifs is 2. The molecule has 124 valence electrons. The van der Waals surface area contributed by atoms with Crippen molar-refractivity contribution >= 4 is 11.7 Å². The van der Waals surface area contributed by atoms with E-state index in [0.29, 0.717) is 6.04 Å². The van der Waals surface area contributed by atoms with Crippen LogP contribution in [0.25, 0.3) is 0 Å². The molecule has 1 aromatic rings. The number of hydrogen-bond acceptors (Lipinski definition) is 2. The zero-order valence-corrected chi connectivity index (χ0v) is 14.0. The summed E-state index contributed by atoms with van der Waals surface area (Å²) in [7, 11) is 0. The Morgan fingerprint density at radius 1 is 1.26 bits per heavy atom. The van der Waals surface area contributed by atoms with Crippen LogP contribution in [0.15, 0.2) is 24.3 Å². The van der Waals surface area contributed by atoms with E-state index in [0.717, 1.165) is 25.6 Å². The first-order valence-corrected chi connectivity index (χ1v) is 9.13. The molecule has 0 aromatic heterocycles. The van der Waals surface area contributed by atoms with Gasteiger partial charge in [0.25, 0.3) is 0 Å². The van der Waals surface area contributed by atoms with Gasteiger partial charge in [0.1, 0.15) is 0 Å². The van der Waals surface area contributed by atoms with Gasteiger partial charge in [-0.15, -0.1) is 0 Å². The van der Waals surface area contributed by atoms with Crippen LogP contribution in [0.1, 0.15) is 50.6 Å². The Balaban J connectivity index is 1.41. The third-order valence-electron chi connectivity index (χ3n) is 5.85. The number of benzene rings is 1. The van der Waals surface area contributed by atoms with Crippen LogP contribution < -0.4 is 10.2 Å². The normalized spacial score (nSPS) is 27.5. The van der Waals surface area contributed by atoms with Crippen LogP contribution in [0.5, 0.6) is 0 Å². The Morgan fingerprint density at radius 3 is 2.78 bits per heavy atom. The number of nitrogens with zero attached hydrogens (tertiary/aromatic N) is 2. The second-order valence-corrected chi connectivity index (χ2v) is 7.45. The molecule has 3 fully saturated rings. The fourth-order valence-corrected chi connectivity index (χ4v) is 4.49. The molecule has 2 saturated heterocycles. The molecule has 4 rings (SSSR count). The standard InChI is InChI=1S/C19H27N3O/c1-14(20-19(23)22-13-15-7-8-18(22)11-15)16-5-4-6-17(12-16)21-9-2-3-10-21/h4-6,12,14-15,18H,2-3,7-11,13H2,1H3,(H,20,23)/t14-,15+,18+/m1/s1. The summed E-state index contributed by atoms with van der Waals surface area (Å²) in [5.41, 5.74) is 2.49. The van der Waals surface area contributed by atoms with Crippen molar-refractivity contribution in [1.29, 1.82) is 0 Å². The summed E-state index contributed by atoms with van der Waals surface area (Å²) in [4.78, 5) is 17.1. The average molecular weight is 313 g/mol. The molecule has 2 amide bonds. The number of urea groups is 1. The zero-order chi connectivity index (χ0) is 15.8. The first kappa shape index (κ1) is 14.9. The minimum absolute atomic E-state index is 0.0594. The zero-order valence-electron chi connectivity index (χ0n) is 14.0. The monoisotopic (exact) mass is 313 g/mol. The number of carbonyl (C=O) groups is 1. The molecular formula is C19H27N3O. The number of hydrogen-bond donors (Lipinski definition) is 1. The maximum absolute atomic E-state index is 12.6. The number of rotatable bonds is 3. The number of likely N-dealkylation sites (tertiary alicyclic amines) is 1. The SMILES string of the molecule is C[C@@H](NC(=O)N1C[C@H]2CC[C@H]1C2)c1cccc(N2CCCC2)c1. The number of amides is 2. The van der Waals surface area contributed by atoms with Gasteiger partial charge in [-0.1, -0.05) is 12.1 Å². The highest BCUT2D eigenvalue weighted by Gasteiger charge is 2.40. The van der Waals surface area contributed by atoms with Crippen LogP contribution in [0.4, 0.5) is 10.5 Å². The van der Waals surface area contributed by atoms with Crippen LogP contribution in [0, 0.1) is 5.92 Å². The predicted molar refractivity (Wildman–Crippen MR) is 92.7 cm³/mol. The van der Waals surface area contributed by atoms with Crippen LogP contribution in [-0.4, -0.2) is 36.6 Å². The Morgan fingerprint density at radius 2 is 2.09 bits per heavy atom. The molecule has 4 nitrogen and oxygen atoms in total. The van der Waals surface area contributed by atoms with Crippen LogP contribution in [0.2, 0.25) is 0 Å². The summed E-state index contributed by atoms with van der Waals surface area (Å²) in [5.74, 6) is 0.750. The smallest absolute Gasteiger partial charge is 0.318 e. The summed E-state index contributed by atoms with van der Waals surface area (Å²) < 4.78 is 0. The van der Waals surface area contributed by atoms with E-state index in [9.17, 15) is 4.79 Å². The summed E-state index contributed by atoms with van der Waals surface area (Å²) in [6.07, 6.45) is 6.28. The van der Waals surface area contributed by atoms with Crippen molar-refractivity contribution in [2.24, 2.45) is 5.92 Å². The second kappa shape index (κ2) is 6.06. The van der Waals surface area contributed by atoms with Gasteiger partial charge in [0.2, 0.25) is 0 Å². The molecule has 0 unspecified atom stereocenters. The second-order valence-electron chi connectivity index (χ2n) is 7.45. The maximum Gasteiger partial charge on any atom is 0.318 e. The molecule has 1 N–H and O–H groups in total. The first-order chi connectivity index (χ1) is 11.2. The van der Waals surface area contributed by atoms with Crippen molar-refractivity contribution < 1.29 is 4.79 Å². The Bertz CT molecular complexity index is 582. The van der Waals surface area contributed by atoms with Gasteiger partial charge in [-0.2, -0.15) is 0 Å². The average Bonchev–Trinajstić information content (AvgIpc) is 3.32. The number of anilines is 1. The lowest BCUT2D eigenvalue weighted by atomic mass is 10.1. The molecule has 23 heavy (non-hydrogen) atoms. The Hall–Kier alpha value is -1.71. The van der Waals surface area contributed by atoms with E-state index in [1.165, 1.54) is 43.4 Å². The lowest BCUT2D eigenvalue weighted by Crippen LogP contribution is -2.45. The number of carbonyl (C=O) groups excluding carboxylic acids is 1. The summed E-state index contributed by atoms with van der Waals surface area (Å²) in [6, 6.07) is 9.34. The minimum Gasteiger partial charge on any atom is -0.372 e. The van der Waals surface area contributed by atoms with Crippen molar-refractivity contribution in [3.05, 3.63) is 29.8 Å². The van der Waals surface area contributed by atoms with Gasteiger partial charge in [-0.25, -0.2) is 4.79 Å². The van der Waals surface area contributed by atoms with E-state index in [1.54, 1.807) is 0 Å². The number of nitrogens with one attached hydrogen (secondary N) is 1. The fraction of sp³-hybridized carbons (Fsp3) is 0.632. The lowest BCUT2D eigenvalue weighted by molar-refractivity contribution is 0.178. The number of piperidine rings is 1. The third-order valence-corrected chi connectivity index (χ3v) is 5.85. The quantitative estimate of drug-likeness (QED) is 0.926. The highest BCUT2D eigenvalue weighted by molar-refractivity contribution is 5.75. The van der Waals surface area contributed by atoms with Gasteiger partial charge in [-0.05, 0) is 62.6 Å². The maximum atomic E-state index is 12.6. The van der Waals surface area contributed by atoms with E-state index in [-0.39, 0.29) is 12.1 Å². The molecule has 2 bridgehead atoms. The first-order valence-electron chi connectivity index (χ1n) is 9.13. The Kier molecular flexibility index (Phi) is 3.92. The largest absolute Gasteiger partial charge is 0.372 e. The van der Waals surface area contributed by atoms with Crippen LogP contribution in [0.3, 0.4) is 0 Å². The van der Waals surface area contributed by atoms with Crippen molar-refractivity contribution in [3.8, 4) is 0 Å². The van der Waals surface area contributed by atoms with Crippen molar-refractivity contribution in [1.82, 2.24) is 10.2 Å². The summed E-state index contributed by atoms with van der Waals surface area (Å²) >= 11 is 0. The van der Waals surface area contributed by atoms with Gasteiger partial charge in [0.05, 0.1) is 6.04 Å². The molecule has 4 heteroatoms. The van der Waals surface area contributed by atoms with E-state index in [2.05, 4.69) is 46.3 Å². The van der Waals surface area contributed by atoms with E-state index >= 15 is 0 Å². The molecule has 2 aliphatic heterocycles. The van der Waals surface area contributed by atoms with Crippen molar-refractivity contribution in [2.75, 3.05) is 24.5 Å². The van der Waals surface area contributed by atoms with Crippen LogP contribution in [-0.2, 0) is 0 Å². The van der Waals surface area contributed by atoms with Crippen molar-refractivity contribution in [3.63, 3.8) is 0 Å². The molecule has 0 radical (unpaired) electrons. The van der Waals surface area contributed by atoms with Gasteiger partial charge < -0.3 is 15.1 Å². The molecule has 2 heterocycles. The molecular weight excluding hydrogens is 286 g/mol. The molecule has 1 saturated carbocycles. The highest BCUT2D eigenvalue weighted by atomic mass is 16.2. The minimum atomic E-state index is 0.0594. The topological polar surface area (TPSA) is 35.6 Å². The molecule has 3 aliphatic rings. The van der Waals surface area contributed by atoms with Gasteiger partial charge in [-0.3, -0.25) is 0 Å². The summed E-state index contributed by atoms with van der Waals surface area (Å²) in [6.45, 7) is 5.36. The van der Waals surface area contributed by atoms with Crippen LogP contribution >= 0.6 is 0 Å².